The lowest BCUT2D eigenvalue weighted by atomic mass is 10.2. The molecular weight excluding hydrogens is 289 g/mol. The highest BCUT2D eigenvalue weighted by Crippen LogP contribution is 2.22. The summed E-state index contributed by atoms with van der Waals surface area (Å²) in [5.74, 6) is 2.17. The van der Waals surface area contributed by atoms with Crippen LogP contribution in [0, 0.1) is 12.3 Å². The first-order chi connectivity index (χ1) is 9.53. The molecule has 3 N–H and O–H groups in total. The molecule has 1 rings (SSSR count). The first kappa shape index (κ1) is 17.1. The van der Waals surface area contributed by atoms with Crippen molar-refractivity contribution >= 4 is 11.9 Å². The average Bonchev–Trinajstić information content (AvgIpc) is 2.74. The molecule has 6 nitrogen and oxygen atoms in total. The zero-order valence-electron chi connectivity index (χ0n) is 11.8. The molecule has 21 heavy (non-hydrogen) atoms. The number of hydrogen-bond acceptors (Lipinski definition) is 5. The Morgan fingerprint density at radius 1 is 1.52 bits per heavy atom. The topological polar surface area (TPSA) is 74.8 Å². The number of carbonyl (C=O) groups is 1. The Labute approximate surface area is 120 Å². The van der Waals surface area contributed by atoms with Crippen LogP contribution in [0.3, 0.4) is 0 Å². The van der Waals surface area contributed by atoms with E-state index in [0.29, 0.717) is 0 Å². The molecule has 1 unspecified atom stereocenters. The molecule has 0 aromatic carbocycles. The summed E-state index contributed by atoms with van der Waals surface area (Å²) in [5, 5.41) is 2.38. The third-order valence-corrected chi connectivity index (χ3v) is 2.26. The Balaban J connectivity index is 2.75. The second-order valence-electron chi connectivity index (χ2n) is 5.33. The largest absolute Gasteiger partial charge is 0.444 e. The molecule has 2 atom stereocenters. The maximum Gasteiger partial charge on any atom is 0.425 e. The van der Waals surface area contributed by atoms with E-state index in [1.807, 2.05) is 5.43 Å². The van der Waals surface area contributed by atoms with Crippen LogP contribution in [-0.4, -0.2) is 35.9 Å². The number of hydrazine groups is 1. The number of terminal acetylenes is 1. The van der Waals surface area contributed by atoms with Crippen LogP contribution in [0.15, 0.2) is 4.99 Å². The maximum atomic E-state index is 12.5. The van der Waals surface area contributed by atoms with E-state index in [1.54, 1.807) is 20.8 Å². The van der Waals surface area contributed by atoms with Crippen molar-refractivity contribution in [2.45, 2.75) is 51.2 Å². The number of hydrogen-bond donors (Lipinski definition) is 3. The minimum atomic E-state index is -4.54. The van der Waals surface area contributed by atoms with E-state index in [-0.39, 0.29) is 12.3 Å². The zero-order valence-corrected chi connectivity index (χ0v) is 11.8. The molecule has 1 aliphatic heterocycles. The minimum absolute atomic E-state index is 0.0304. The number of amides is 1. The molecule has 0 aromatic heterocycles. The number of carbonyl (C=O) groups excluding carboxylic acids is 1. The molecule has 0 spiro atoms. The SMILES string of the molecule is C#CC[C@H](NC(=O)OC(C)(C)C)C1=NC(C(F)(F)F)NN1. The third kappa shape index (κ3) is 5.51. The Morgan fingerprint density at radius 3 is 2.57 bits per heavy atom. The van der Waals surface area contributed by atoms with Crippen molar-refractivity contribution in [2.24, 2.45) is 4.99 Å². The van der Waals surface area contributed by atoms with Gasteiger partial charge < -0.3 is 15.5 Å². The standard InChI is InChI=1S/C12H17F3N4O2/c1-5-6-7(16-10(20)21-11(2,3)4)8-17-9(19-18-8)12(13,14)15/h1,7,9,19H,6H2,2-4H3,(H,16,20)(H,17,18)/t7-,9?/m0/s1. The van der Waals surface area contributed by atoms with E-state index in [9.17, 15) is 18.0 Å². The van der Waals surface area contributed by atoms with Gasteiger partial charge in [-0.3, -0.25) is 0 Å². The fourth-order valence-electron chi connectivity index (χ4n) is 1.46. The molecule has 0 saturated heterocycles. The Kier molecular flexibility index (Phi) is 5.06. The molecule has 0 aliphatic carbocycles. The summed E-state index contributed by atoms with van der Waals surface area (Å²) in [4.78, 5) is 15.1. The number of alkyl halides is 3. The van der Waals surface area contributed by atoms with E-state index in [2.05, 4.69) is 21.7 Å². The monoisotopic (exact) mass is 306 g/mol. The lowest BCUT2D eigenvalue weighted by Crippen LogP contribution is -2.50. The molecule has 1 aliphatic rings. The van der Waals surface area contributed by atoms with Crippen LogP contribution < -0.4 is 16.2 Å². The van der Waals surface area contributed by atoms with Crippen molar-refractivity contribution in [1.29, 1.82) is 0 Å². The van der Waals surface area contributed by atoms with Crippen molar-refractivity contribution in [1.82, 2.24) is 16.2 Å². The van der Waals surface area contributed by atoms with Crippen LogP contribution in [-0.2, 0) is 4.74 Å². The predicted molar refractivity (Wildman–Crippen MR) is 70.2 cm³/mol. The summed E-state index contributed by atoms with van der Waals surface area (Å²) in [6, 6.07) is -0.898. The van der Waals surface area contributed by atoms with Crippen LogP contribution >= 0.6 is 0 Å². The van der Waals surface area contributed by atoms with Gasteiger partial charge in [-0.1, -0.05) is 0 Å². The van der Waals surface area contributed by atoms with E-state index in [1.165, 1.54) is 0 Å². The van der Waals surface area contributed by atoms with Gasteiger partial charge in [0.1, 0.15) is 17.5 Å². The van der Waals surface area contributed by atoms with Gasteiger partial charge in [0.2, 0.25) is 6.17 Å². The lowest BCUT2D eigenvalue weighted by Gasteiger charge is -2.22. The third-order valence-electron chi connectivity index (χ3n) is 2.26. The van der Waals surface area contributed by atoms with E-state index in [4.69, 9.17) is 11.2 Å². The van der Waals surface area contributed by atoms with Crippen LogP contribution in [0.2, 0.25) is 0 Å². The van der Waals surface area contributed by atoms with Gasteiger partial charge in [-0.15, -0.1) is 12.3 Å². The molecule has 1 amide bonds. The van der Waals surface area contributed by atoms with Gasteiger partial charge in [0.05, 0.1) is 0 Å². The van der Waals surface area contributed by atoms with Crippen molar-refractivity contribution < 1.29 is 22.7 Å². The molecule has 0 fully saturated rings. The Hall–Kier alpha value is -1.95. The minimum Gasteiger partial charge on any atom is -0.444 e. The summed E-state index contributed by atoms with van der Waals surface area (Å²) in [6.07, 6.45) is -2.28. The molecule has 1 heterocycles. The summed E-state index contributed by atoms with van der Waals surface area (Å²) in [6.45, 7) is 4.99. The van der Waals surface area contributed by atoms with Crippen molar-refractivity contribution in [3.8, 4) is 12.3 Å². The number of nitrogens with one attached hydrogen (secondary N) is 3. The number of nitrogens with zero attached hydrogens (tertiary/aromatic N) is 1. The number of rotatable bonds is 3. The predicted octanol–water partition coefficient (Wildman–Crippen LogP) is 1.30. The molecule has 0 saturated carbocycles. The van der Waals surface area contributed by atoms with Crippen LogP contribution in [0.1, 0.15) is 27.2 Å². The van der Waals surface area contributed by atoms with Gasteiger partial charge in [-0.05, 0) is 20.8 Å². The number of amidine groups is 1. The van der Waals surface area contributed by atoms with Gasteiger partial charge in [-0.2, -0.15) is 13.2 Å². The number of alkyl carbamates (subject to hydrolysis) is 1. The maximum absolute atomic E-state index is 12.5. The summed E-state index contributed by atoms with van der Waals surface area (Å²) in [7, 11) is 0. The van der Waals surface area contributed by atoms with Crippen LogP contribution in [0.5, 0.6) is 0 Å². The summed E-state index contributed by atoms with van der Waals surface area (Å²) < 4.78 is 42.5. The molecule has 0 radical (unpaired) electrons. The number of aliphatic imine (C=N–C) groups is 1. The van der Waals surface area contributed by atoms with E-state index >= 15 is 0 Å². The van der Waals surface area contributed by atoms with Crippen molar-refractivity contribution in [2.75, 3.05) is 0 Å². The van der Waals surface area contributed by atoms with Gasteiger partial charge in [0, 0.05) is 6.42 Å². The highest BCUT2D eigenvalue weighted by atomic mass is 19.4. The van der Waals surface area contributed by atoms with Gasteiger partial charge in [0.15, 0.2) is 0 Å². The first-order valence-corrected chi connectivity index (χ1v) is 6.12. The summed E-state index contributed by atoms with van der Waals surface area (Å²) in [5.41, 5.74) is 3.51. The quantitative estimate of drug-likeness (QED) is 0.687. The molecule has 9 heteroatoms. The normalized spacial score (nSPS) is 20.0. The molecule has 0 bridgehead atoms. The average molecular weight is 306 g/mol. The molecule has 118 valence electrons. The fourth-order valence-corrected chi connectivity index (χ4v) is 1.46. The van der Waals surface area contributed by atoms with Crippen LogP contribution in [0.4, 0.5) is 18.0 Å². The van der Waals surface area contributed by atoms with Gasteiger partial charge >= 0.3 is 12.3 Å². The number of ether oxygens (including phenoxy) is 1. The second-order valence-corrected chi connectivity index (χ2v) is 5.33. The van der Waals surface area contributed by atoms with Gasteiger partial charge in [-0.25, -0.2) is 15.2 Å². The van der Waals surface area contributed by atoms with Crippen molar-refractivity contribution in [3.05, 3.63) is 0 Å². The lowest BCUT2D eigenvalue weighted by molar-refractivity contribution is -0.152. The highest BCUT2D eigenvalue weighted by Gasteiger charge is 2.43. The Bertz CT molecular complexity index is 463. The van der Waals surface area contributed by atoms with Crippen molar-refractivity contribution in [3.63, 3.8) is 0 Å². The molecule has 0 aromatic rings. The van der Waals surface area contributed by atoms with Gasteiger partial charge in [0.25, 0.3) is 0 Å². The second kappa shape index (κ2) is 6.22. The smallest absolute Gasteiger partial charge is 0.425 e. The Morgan fingerprint density at radius 2 is 2.14 bits per heavy atom. The van der Waals surface area contributed by atoms with Crippen LogP contribution in [0.25, 0.3) is 0 Å². The molecular formula is C12H17F3N4O2. The fraction of sp³-hybridized carbons (Fsp3) is 0.667. The van der Waals surface area contributed by atoms with E-state index < -0.39 is 30.1 Å². The zero-order chi connectivity index (χ0) is 16.3. The van der Waals surface area contributed by atoms with E-state index in [0.717, 1.165) is 0 Å². The number of halogens is 3. The highest BCUT2D eigenvalue weighted by molar-refractivity contribution is 5.91. The first-order valence-electron chi connectivity index (χ1n) is 6.12. The summed E-state index contributed by atoms with van der Waals surface area (Å²) >= 11 is 0.